The van der Waals surface area contributed by atoms with Gasteiger partial charge in [0.25, 0.3) is 0 Å². The largest absolute Gasteiger partial charge is 0.465 e. The van der Waals surface area contributed by atoms with Crippen LogP contribution in [0.2, 0.25) is 0 Å². The Bertz CT molecular complexity index is 646. The highest BCUT2D eigenvalue weighted by Crippen LogP contribution is 2.42. The standard InChI is InChI=1S/C12H19N3O4S2/c1-14-4-6-15(7-5-14)11-10(21(3,17)18)8(13)9(20-11)12(16)19-2/h4-7,13H2,1-3H3. The Kier molecular flexibility index (Phi) is 4.45. The second-order valence-electron chi connectivity index (χ2n) is 5.03. The number of rotatable bonds is 3. The van der Waals surface area contributed by atoms with Crippen LogP contribution in [-0.4, -0.2) is 65.9 Å². The molecule has 1 aliphatic rings. The molecule has 21 heavy (non-hydrogen) atoms. The van der Waals surface area contributed by atoms with Crippen LogP contribution >= 0.6 is 11.3 Å². The van der Waals surface area contributed by atoms with E-state index in [2.05, 4.69) is 9.64 Å². The van der Waals surface area contributed by atoms with E-state index in [1.807, 2.05) is 11.9 Å². The van der Waals surface area contributed by atoms with Crippen LogP contribution < -0.4 is 10.6 Å². The summed E-state index contributed by atoms with van der Waals surface area (Å²) in [6, 6.07) is 0. The third-order valence-corrected chi connectivity index (χ3v) is 5.94. The molecule has 1 aromatic heterocycles. The molecule has 0 aromatic carbocycles. The van der Waals surface area contributed by atoms with E-state index in [-0.39, 0.29) is 15.5 Å². The van der Waals surface area contributed by atoms with E-state index in [1.165, 1.54) is 7.11 Å². The maximum atomic E-state index is 12.0. The molecule has 1 aliphatic heterocycles. The maximum Gasteiger partial charge on any atom is 0.350 e. The molecule has 2 heterocycles. The zero-order chi connectivity index (χ0) is 15.8. The van der Waals surface area contributed by atoms with Gasteiger partial charge in [0.1, 0.15) is 14.8 Å². The molecule has 0 aliphatic carbocycles. The number of likely N-dealkylation sites (N-methyl/N-ethyl adjacent to an activating group) is 1. The lowest BCUT2D eigenvalue weighted by atomic mass is 10.3. The summed E-state index contributed by atoms with van der Waals surface area (Å²) < 4.78 is 28.8. The van der Waals surface area contributed by atoms with E-state index in [4.69, 9.17) is 5.73 Å². The van der Waals surface area contributed by atoms with Crippen molar-refractivity contribution in [2.45, 2.75) is 4.90 Å². The Morgan fingerprint density at radius 2 is 1.86 bits per heavy atom. The Balaban J connectivity index is 2.51. The molecule has 0 radical (unpaired) electrons. The Morgan fingerprint density at radius 1 is 1.29 bits per heavy atom. The number of anilines is 2. The molecule has 0 bridgehead atoms. The molecule has 1 fully saturated rings. The third-order valence-electron chi connectivity index (χ3n) is 3.41. The van der Waals surface area contributed by atoms with Gasteiger partial charge in [-0.25, -0.2) is 13.2 Å². The van der Waals surface area contributed by atoms with Gasteiger partial charge in [-0.05, 0) is 7.05 Å². The number of sulfone groups is 1. The highest BCUT2D eigenvalue weighted by atomic mass is 32.2. The Morgan fingerprint density at radius 3 is 2.33 bits per heavy atom. The van der Waals surface area contributed by atoms with E-state index in [1.54, 1.807) is 0 Å². The molecule has 7 nitrogen and oxygen atoms in total. The molecule has 118 valence electrons. The first kappa shape index (κ1) is 16.1. The molecule has 2 N–H and O–H groups in total. The molecule has 1 saturated heterocycles. The lowest BCUT2D eigenvalue weighted by Gasteiger charge is -2.33. The Hall–Kier alpha value is -1.32. The number of hydrogen-bond acceptors (Lipinski definition) is 8. The number of methoxy groups -OCH3 is 1. The summed E-state index contributed by atoms with van der Waals surface area (Å²) >= 11 is 1.08. The van der Waals surface area contributed by atoms with Gasteiger partial charge < -0.3 is 20.3 Å². The van der Waals surface area contributed by atoms with Gasteiger partial charge in [0, 0.05) is 32.4 Å². The lowest BCUT2D eigenvalue weighted by molar-refractivity contribution is 0.0607. The SMILES string of the molecule is COC(=O)c1sc(N2CCN(C)CC2)c(S(C)(=O)=O)c1N. The van der Waals surface area contributed by atoms with Crippen molar-refractivity contribution < 1.29 is 17.9 Å². The van der Waals surface area contributed by atoms with Gasteiger partial charge in [0.05, 0.1) is 12.8 Å². The minimum atomic E-state index is -3.53. The van der Waals surface area contributed by atoms with Crippen LogP contribution in [0.1, 0.15) is 9.67 Å². The highest BCUT2D eigenvalue weighted by Gasteiger charge is 2.31. The van der Waals surface area contributed by atoms with Crippen molar-refractivity contribution in [1.29, 1.82) is 0 Å². The molecule has 0 atom stereocenters. The molecule has 0 saturated carbocycles. The molecular formula is C12H19N3O4S2. The fraction of sp³-hybridized carbons (Fsp3) is 0.583. The lowest BCUT2D eigenvalue weighted by Crippen LogP contribution is -2.44. The number of nitrogens with zero attached hydrogens (tertiary/aromatic N) is 2. The van der Waals surface area contributed by atoms with Crippen molar-refractivity contribution >= 4 is 37.8 Å². The first-order valence-corrected chi connectivity index (χ1v) is 9.10. The average molecular weight is 333 g/mol. The van der Waals surface area contributed by atoms with Gasteiger partial charge in [0.15, 0.2) is 9.84 Å². The van der Waals surface area contributed by atoms with E-state index in [0.717, 1.165) is 30.7 Å². The van der Waals surface area contributed by atoms with Crippen LogP contribution in [0.5, 0.6) is 0 Å². The minimum Gasteiger partial charge on any atom is -0.465 e. The topological polar surface area (TPSA) is 92.9 Å². The normalized spacial score (nSPS) is 17.0. The predicted octanol–water partition coefficient (Wildman–Crippen LogP) is 0.272. The number of carbonyl (C=O) groups excluding carboxylic acids is 1. The summed E-state index contributed by atoms with van der Waals surface area (Å²) in [4.78, 5) is 16.1. The number of ether oxygens (including phenoxy) is 1. The molecule has 1 aromatic rings. The van der Waals surface area contributed by atoms with Crippen molar-refractivity contribution in [3.63, 3.8) is 0 Å². The van der Waals surface area contributed by atoms with Crippen molar-refractivity contribution in [2.75, 3.05) is 57.2 Å². The van der Waals surface area contributed by atoms with E-state index in [9.17, 15) is 13.2 Å². The van der Waals surface area contributed by atoms with E-state index < -0.39 is 15.8 Å². The van der Waals surface area contributed by atoms with E-state index >= 15 is 0 Å². The summed E-state index contributed by atoms with van der Waals surface area (Å²) in [5.41, 5.74) is 5.88. The number of nitrogen functional groups attached to an aromatic ring is 1. The number of nitrogens with two attached hydrogens (primary N) is 1. The molecule has 0 spiro atoms. The predicted molar refractivity (Wildman–Crippen MR) is 82.9 cm³/mol. The van der Waals surface area contributed by atoms with Crippen molar-refractivity contribution in [3.05, 3.63) is 4.88 Å². The van der Waals surface area contributed by atoms with Gasteiger partial charge in [-0.15, -0.1) is 11.3 Å². The van der Waals surface area contributed by atoms with Crippen LogP contribution in [0.15, 0.2) is 4.90 Å². The second-order valence-corrected chi connectivity index (χ2v) is 7.98. The second kappa shape index (κ2) is 5.82. The smallest absolute Gasteiger partial charge is 0.350 e. The summed E-state index contributed by atoms with van der Waals surface area (Å²) in [6.07, 6.45) is 1.10. The molecule has 0 amide bonds. The minimum absolute atomic E-state index is 0.0109. The molecule has 9 heteroatoms. The summed E-state index contributed by atoms with van der Waals surface area (Å²) in [5, 5.41) is 0.531. The maximum absolute atomic E-state index is 12.0. The van der Waals surface area contributed by atoms with Crippen LogP contribution in [0.3, 0.4) is 0 Å². The monoisotopic (exact) mass is 333 g/mol. The van der Waals surface area contributed by atoms with Crippen molar-refractivity contribution in [1.82, 2.24) is 4.90 Å². The van der Waals surface area contributed by atoms with E-state index in [0.29, 0.717) is 18.1 Å². The zero-order valence-corrected chi connectivity index (χ0v) is 13.9. The van der Waals surface area contributed by atoms with Gasteiger partial charge in [-0.1, -0.05) is 0 Å². The molecule has 0 unspecified atom stereocenters. The fourth-order valence-corrected chi connectivity index (χ4v) is 4.91. The summed E-state index contributed by atoms with van der Waals surface area (Å²) in [6.45, 7) is 3.04. The van der Waals surface area contributed by atoms with Crippen molar-refractivity contribution in [2.24, 2.45) is 0 Å². The summed E-state index contributed by atoms with van der Waals surface area (Å²) in [5.74, 6) is -0.609. The van der Waals surface area contributed by atoms with Crippen molar-refractivity contribution in [3.8, 4) is 0 Å². The quantitative estimate of drug-likeness (QED) is 0.794. The zero-order valence-electron chi connectivity index (χ0n) is 12.2. The first-order valence-electron chi connectivity index (χ1n) is 6.39. The van der Waals surface area contributed by atoms with Gasteiger partial charge >= 0.3 is 5.97 Å². The van der Waals surface area contributed by atoms with Crippen LogP contribution in [0.25, 0.3) is 0 Å². The van der Waals surface area contributed by atoms with Gasteiger partial charge in [-0.3, -0.25) is 0 Å². The third kappa shape index (κ3) is 3.14. The number of esters is 1. The Labute approximate surface area is 128 Å². The number of carbonyl (C=O) groups is 1. The first-order chi connectivity index (χ1) is 9.75. The average Bonchev–Trinajstić information content (AvgIpc) is 2.76. The number of hydrogen-bond donors (Lipinski definition) is 1. The van der Waals surface area contributed by atoms with Gasteiger partial charge in [0.2, 0.25) is 0 Å². The van der Waals surface area contributed by atoms with Crippen LogP contribution in [-0.2, 0) is 14.6 Å². The number of thiophene rings is 1. The van der Waals surface area contributed by atoms with Gasteiger partial charge in [-0.2, -0.15) is 0 Å². The molecule has 2 rings (SSSR count). The number of piperazine rings is 1. The summed E-state index contributed by atoms with van der Waals surface area (Å²) in [7, 11) is -0.267. The highest BCUT2D eigenvalue weighted by molar-refractivity contribution is 7.91. The van der Waals surface area contributed by atoms with Crippen LogP contribution in [0, 0.1) is 0 Å². The molecular weight excluding hydrogens is 314 g/mol. The fourth-order valence-electron chi connectivity index (χ4n) is 2.24. The van der Waals surface area contributed by atoms with Crippen LogP contribution in [0.4, 0.5) is 10.7 Å².